The molecule has 7 nitrogen and oxygen atoms in total. The molecule has 0 aromatic heterocycles. The number of ether oxygens (including phenoxy) is 1. The van der Waals surface area contributed by atoms with Crippen molar-refractivity contribution >= 4 is 11.9 Å². The van der Waals surface area contributed by atoms with Crippen LogP contribution >= 0.6 is 0 Å². The molecule has 43 heavy (non-hydrogen) atoms. The predicted octanol–water partition coefficient (Wildman–Crippen LogP) is 7.31. The van der Waals surface area contributed by atoms with Crippen LogP contribution in [0.3, 0.4) is 0 Å². The molecule has 7 heteroatoms. The maximum absolute atomic E-state index is 13.7. The maximum Gasteiger partial charge on any atom is 0.318 e. The second-order valence-electron chi connectivity index (χ2n) is 18.3. The Kier molecular flexibility index (Phi) is 9.08. The van der Waals surface area contributed by atoms with Crippen LogP contribution in [-0.4, -0.2) is 44.3 Å². The van der Waals surface area contributed by atoms with E-state index in [2.05, 4.69) is 120 Å². The van der Waals surface area contributed by atoms with E-state index in [4.69, 9.17) is 4.74 Å². The SMILES string of the molecule is CC1(C)CC(C(OC(=O)CC(=O)O)(c2cc(C(C)(C)C)c(O)c(C(C)(C)C)c2)C2CC(C)(C)NC(C)(C)C2)CC(C)(C)N1. The van der Waals surface area contributed by atoms with Crippen LogP contribution in [0.15, 0.2) is 12.1 Å². The quantitative estimate of drug-likeness (QED) is 0.200. The van der Waals surface area contributed by atoms with Crippen molar-refractivity contribution in [3.8, 4) is 5.75 Å². The lowest BCUT2D eigenvalue weighted by molar-refractivity contribution is -0.194. The number of esters is 1. The first-order valence-electron chi connectivity index (χ1n) is 16.0. The van der Waals surface area contributed by atoms with Crippen molar-refractivity contribution in [2.24, 2.45) is 11.8 Å². The number of phenols is 1. The van der Waals surface area contributed by atoms with Gasteiger partial charge in [-0.3, -0.25) is 9.59 Å². The molecule has 0 atom stereocenters. The van der Waals surface area contributed by atoms with Gasteiger partial charge >= 0.3 is 11.9 Å². The molecule has 0 spiro atoms. The van der Waals surface area contributed by atoms with E-state index in [-0.39, 0.29) is 39.7 Å². The van der Waals surface area contributed by atoms with Gasteiger partial charge in [0.2, 0.25) is 0 Å². The molecular formula is C36H60N2O5. The average molecular weight is 601 g/mol. The Bertz CT molecular complexity index is 1120. The van der Waals surface area contributed by atoms with Gasteiger partial charge in [-0.05, 0) is 121 Å². The van der Waals surface area contributed by atoms with Gasteiger partial charge in [-0.2, -0.15) is 0 Å². The third-order valence-electron chi connectivity index (χ3n) is 9.35. The van der Waals surface area contributed by atoms with E-state index in [9.17, 15) is 19.8 Å². The summed E-state index contributed by atoms with van der Waals surface area (Å²) in [4.78, 5) is 25.6. The normalized spacial score (nSPS) is 22.7. The molecular weight excluding hydrogens is 540 g/mol. The van der Waals surface area contributed by atoms with Gasteiger partial charge in [-0.1, -0.05) is 41.5 Å². The minimum atomic E-state index is -1.20. The third-order valence-corrected chi connectivity index (χ3v) is 9.35. The Morgan fingerprint density at radius 3 is 1.35 bits per heavy atom. The smallest absolute Gasteiger partial charge is 0.318 e. The molecule has 2 fully saturated rings. The summed E-state index contributed by atoms with van der Waals surface area (Å²) < 4.78 is 6.81. The van der Waals surface area contributed by atoms with E-state index in [1.54, 1.807) is 0 Å². The van der Waals surface area contributed by atoms with Crippen LogP contribution in [0.5, 0.6) is 5.75 Å². The Balaban J connectivity index is 2.53. The van der Waals surface area contributed by atoms with Crippen molar-refractivity contribution in [1.29, 1.82) is 0 Å². The molecule has 0 amide bonds. The minimum absolute atomic E-state index is 0.114. The number of carboxylic acids is 1. The van der Waals surface area contributed by atoms with Gasteiger partial charge in [-0.25, -0.2) is 0 Å². The highest BCUT2D eigenvalue weighted by Gasteiger charge is 2.58. The molecule has 3 rings (SSSR count). The number of benzene rings is 1. The maximum atomic E-state index is 13.7. The number of carbonyl (C=O) groups excluding carboxylic acids is 1. The molecule has 2 heterocycles. The van der Waals surface area contributed by atoms with Gasteiger partial charge in [0.05, 0.1) is 0 Å². The first kappa shape index (κ1) is 35.4. The number of carbonyl (C=O) groups is 2. The zero-order chi connectivity index (χ0) is 33.2. The summed E-state index contributed by atoms with van der Waals surface area (Å²) in [7, 11) is 0. The second-order valence-corrected chi connectivity index (χ2v) is 18.3. The molecule has 2 aliphatic heterocycles. The lowest BCUT2D eigenvalue weighted by atomic mass is 9.57. The highest BCUT2D eigenvalue weighted by atomic mass is 16.6. The Hall–Kier alpha value is -2.12. The monoisotopic (exact) mass is 600 g/mol. The number of carboxylic acid groups (broad SMARTS) is 1. The van der Waals surface area contributed by atoms with Crippen molar-refractivity contribution in [2.75, 3.05) is 0 Å². The molecule has 2 aliphatic rings. The molecule has 0 bridgehead atoms. The van der Waals surface area contributed by atoms with Gasteiger partial charge in [0.15, 0.2) is 0 Å². The zero-order valence-electron chi connectivity index (χ0n) is 29.5. The van der Waals surface area contributed by atoms with E-state index in [0.717, 1.165) is 42.4 Å². The van der Waals surface area contributed by atoms with Crippen LogP contribution in [0.1, 0.15) is 146 Å². The number of nitrogens with one attached hydrogen (secondary N) is 2. The summed E-state index contributed by atoms with van der Waals surface area (Å²) in [6, 6.07) is 4.12. The summed E-state index contributed by atoms with van der Waals surface area (Å²) in [5.74, 6) is -1.88. The molecule has 0 radical (unpaired) electrons. The average Bonchev–Trinajstić information content (AvgIpc) is 2.71. The first-order chi connectivity index (χ1) is 19.1. The van der Waals surface area contributed by atoms with Gasteiger partial charge in [0.1, 0.15) is 17.8 Å². The molecule has 0 saturated carbocycles. The molecule has 1 aromatic rings. The number of aromatic hydroxyl groups is 1. The fraction of sp³-hybridized carbons (Fsp3) is 0.778. The van der Waals surface area contributed by atoms with Crippen LogP contribution in [0.4, 0.5) is 0 Å². The van der Waals surface area contributed by atoms with Crippen LogP contribution in [0.25, 0.3) is 0 Å². The van der Waals surface area contributed by atoms with Gasteiger partial charge in [-0.15, -0.1) is 0 Å². The van der Waals surface area contributed by atoms with Crippen molar-refractivity contribution in [1.82, 2.24) is 10.6 Å². The molecule has 0 aliphatic carbocycles. The summed E-state index contributed by atoms with van der Waals surface area (Å²) in [5, 5.41) is 29.0. The van der Waals surface area contributed by atoms with E-state index in [1.165, 1.54) is 0 Å². The number of hydrogen-bond acceptors (Lipinski definition) is 6. The van der Waals surface area contributed by atoms with E-state index in [0.29, 0.717) is 0 Å². The highest BCUT2D eigenvalue weighted by molar-refractivity contribution is 5.90. The van der Waals surface area contributed by atoms with Crippen molar-refractivity contribution in [3.63, 3.8) is 0 Å². The lowest BCUT2D eigenvalue weighted by Gasteiger charge is -2.58. The highest BCUT2D eigenvalue weighted by Crippen LogP contribution is 2.56. The largest absolute Gasteiger partial charge is 0.507 e. The van der Waals surface area contributed by atoms with Crippen LogP contribution in [-0.2, 0) is 30.8 Å². The Labute approximate surface area is 260 Å². The minimum Gasteiger partial charge on any atom is -0.507 e. The van der Waals surface area contributed by atoms with Crippen LogP contribution in [0.2, 0.25) is 0 Å². The van der Waals surface area contributed by atoms with Gasteiger partial charge < -0.3 is 25.6 Å². The molecule has 2 saturated heterocycles. The van der Waals surface area contributed by atoms with Crippen molar-refractivity contribution in [2.45, 2.75) is 168 Å². The fourth-order valence-electron chi connectivity index (χ4n) is 8.63. The van der Waals surface area contributed by atoms with Crippen LogP contribution < -0.4 is 10.6 Å². The third kappa shape index (κ3) is 7.94. The first-order valence-corrected chi connectivity index (χ1v) is 16.0. The van der Waals surface area contributed by atoms with E-state index < -0.39 is 34.8 Å². The van der Waals surface area contributed by atoms with E-state index >= 15 is 0 Å². The molecule has 244 valence electrons. The Morgan fingerprint density at radius 1 is 0.744 bits per heavy atom. The summed E-state index contributed by atoms with van der Waals surface area (Å²) in [6.45, 7) is 30.1. The topological polar surface area (TPSA) is 108 Å². The van der Waals surface area contributed by atoms with E-state index in [1.807, 2.05) is 0 Å². The molecule has 0 unspecified atom stereocenters. The van der Waals surface area contributed by atoms with Crippen LogP contribution in [0, 0.1) is 11.8 Å². The summed E-state index contributed by atoms with van der Waals surface area (Å²) in [5.41, 5.74) is -0.494. The van der Waals surface area contributed by atoms with Crippen molar-refractivity contribution in [3.05, 3.63) is 28.8 Å². The number of phenolic OH excluding ortho intramolecular Hbond substituents is 1. The number of aliphatic carboxylic acids is 1. The van der Waals surface area contributed by atoms with Crippen molar-refractivity contribution < 1.29 is 24.5 Å². The predicted molar refractivity (Wildman–Crippen MR) is 174 cm³/mol. The zero-order valence-corrected chi connectivity index (χ0v) is 29.5. The standard InChI is InChI=1S/C36H60N2O5/c1-30(2,3)25-15-22(16-26(29(25)42)31(4,5)6)36(43-28(41)17-27(39)40,23-18-32(7,8)37-33(9,10)19-23)24-20-34(11,12)38-35(13,14)21-24/h15-16,23-24,37-38,42H,17-21H2,1-14H3,(H,39,40). The summed E-state index contributed by atoms with van der Waals surface area (Å²) in [6.07, 6.45) is 2.24. The van der Waals surface area contributed by atoms with Gasteiger partial charge in [0.25, 0.3) is 0 Å². The Morgan fingerprint density at radius 2 is 1.07 bits per heavy atom. The number of rotatable bonds is 6. The van der Waals surface area contributed by atoms with Gasteiger partial charge in [0, 0.05) is 34.0 Å². The number of hydrogen-bond donors (Lipinski definition) is 4. The molecule has 4 N–H and O–H groups in total. The number of piperidine rings is 2. The molecule has 1 aromatic carbocycles. The second kappa shape index (κ2) is 11.0. The lowest BCUT2D eigenvalue weighted by Crippen LogP contribution is -2.66. The summed E-state index contributed by atoms with van der Waals surface area (Å²) >= 11 is 0. The fourth-order valence-corrected chi connectivity index (χ4v) is 8.63.